The number of aryl methyl sites for hydroxylation is 1. The molecule has 0 saturated carbocycles. The Morgan fingerprint density at radius 1 is 1.62 bits per heavy atom. The molecule has 1 N–H and O–H groups in total. The van der Waals surface area contributed by atoms with Crippen molar-refractivity contribution in [3.05, 3.63) is 16.8 Å². The highest BCUT2D eigenvalue weighted by molar-refractivity contribution is 4.68. The second-order valence-corrected chi connectivity index (χ2v) is 3.79. The van der Waals surface area contributed by atoms with Crippen molar-refractivity contribution in [3.63, 3.8) is 0 Å². The average molecular weight is 185 g/mol. The van der Waals surface area contributed by atoms with E-state index in [1.54, 1.807) is 25.6 Å². The van der Waals surface area contributed by atoms with Crippen LogP contribution in [0.1, 0.15) is 20.3 Å². The zero-order valence-electron chi connectivity index (χ0n) is 8.19. The Morgan fingerprint density at radius 2 is 2.23 bits per heavy atom. The average Bonchev–Trinajstić information content (AvgIpc) is 2.27. The van der Waals surface area contributed by atoms with Gasteiger partial charge in [0.05, 0.1) is 5.60 Å². The largest absolute Gasteiger partial charge is 0.390 e. The van der Waals surface area contributed by atoms with Gasteiger partial charge in [-0.15, -0.1) is 0 Å². The van der Waals surface area contributed by atoms with Crippen molar-refractivity contribution in [1.29, 1.82) is 0 Å². The molecule has 0 bridgehead atoms. The summed E-state index contributed by atoms with van der Waals surface area (Å²) in [6.07, 6.45) is 2.00. The first kappa shape index (κ1) is 9.98. The number of aliphatic hydroxyl groups is 1. The Hall–Kier alpha value is -1.10. The van der Waals surface area contributed by atoms with Crippen molar-refractivity contribution < 1.29 is 5.11 Å². The first-order valence-electron chi connectivity index (χ1n) is 4.21. The second kappa shape index (κ2) is 3.33. The van der Waals surface area contributed by atoms with Gasteiger partial charge < -0.3 is 5.11 Å². The molecule has 74 valence electrons. The van der Waals surface area contributed by atoms with E-state index in [0.29, 0.717) is 13.0 Å². The van der Waals surface area contributed by atoms with Crippen LogP contribution >= 0.6 is 0 Å². The molecule has 1 aromatic heterocycles. The van der Waals surface area contributed by atoms with Gasteiger partial charge in [0, 0.05) is 13.6 Å². The van der Waals surface area contributed by atoms with Crippen LogP contribution in [0.5, 0.6) is 0 Å². The highest BCUT2D eigenvalue weighted by Gasteiger charge is 2.13. The lowest BCUT2D eigenvalue weighted by Crippen LogP contribution is -2.28. The van der Waals surface area contributed by atoms with Crippen molar-refractivity contribution in [1.82, 2.24) is 14.3 Å². The fourth-order valence-corrected chi connectivity index (χ4v) is 1.03. The molecule has 0 aliphatic heterocycles. The first-order chi connectivity index (χ1) is 5.90. The number of aromatic nitrogens is 3. The third kappa shape index (κ3) is 2.69. The van der Waals surface area contributed by atoms with Crippen LogP contribution in [-0.4, -0.2) is 25.1 Å². The third-order valence-electron chi connectivity index (χ3n) is 1.87. The lowest BCUT2D eigenvalue weighted by Gasteiger charge is -2.17. The van der Waals surface area contributed by atoms with E-state index in [0.717, 1.165) is 0 Å². The number of nitrogens with zero attached hydrogens (tertiary/aromatic N) is 3. The maximum absolute atomic E-state index is 11.1. The van der Waals surface area contributed by atoms with Gasteiger partial charge in [-0.05, 0) is 20.3 Å². The van der Waals surface area contributed by atoms with Crippen molar-refractivity contribution in [2.75, 3.05) is 0 Å². The van der Waals surface area contributed by atoms with Crippen LogP contribution in [0.25, 0.3) is 0 Å². The number of hydrogen-bond donors (Lipinski definition) is 1. The molecule has 0 aliphatic rings. The minimum atomic E-state index is -0.746. The van der Waals surface area contributed by atoms with E-state index in [2.05, 4.69) is 4.98 Å². The van der Waals surface area contributed by atoms with Crippen molar-refractivity contribution >= 4 is 0 Å². The van der Waals surface area contributed by atoms with E-state index in [1.165, 1.54) is 11.0 Å². The van der Waals surface area contributed by atoms with E-state index in [9.17, 15) is 9.90 Å². The van der Waals surface area contributed by atoms with Gasteiger partial charge in [-0.3, -0.25) is 4.68 Å². The number of hydrogen-bond acceptors (Lipinski definition) is 3. The summed E-state index contributed by atoms with van der Waals surface area (Å²) in [7, 11) is 1.75. The van der Waals surface area contributed by atoms with Gasteiger partial charge in [0.2, 0.25) is 0 Å². The Kier molecular flexibility index (Phi) is 2.56. The summed E-state index contributed by atoms with van der Waals surface area (Å²) in [5, 5.41) is 9.45. The molecule has 1 heterocycles. The Morgan fingerprint density at radius 3 is 2.62 bits per heavy atom. The van der Waals surface area contributed by atoms with E-state index >= 15 is 0 Å². The molecule has 1 rings (SSSR count). The standard InChI is InChI=1S/C8H15N3O2/c1-8(2,13)4-5-11-7(12)9-6-10(11)3/h6,13H,4-5H2,1-3H3. The maximum Gasteiger partial charge on any atom is 0.363 e. The van der Waals surface area contributed by atoms with E-state index in [4.69, 9.17) is 0 Å². The molecule has 1 aromatic rings. The van der Waals surface area contributed by atoms with Gasteiger partial charge in [0.25, 0.3) is 0 Å². The summed E-state index contributed by atoms with van der Waals surface area (Å²) in [6.45, 7) is 3.92. The topological polar surface area (TPSA) is 60.0 Å². The zero-order chi connectivity index (χ0) is 10.1. The predicted molar refractivity (Wildman–Crippen MR) is 48.4 cm³/mol. The molecular formula is C8H15N3O2. The molecular weight excluding hydrogens is 170 g/mol. The SMILES string of the molecule is Cn1cnc(=O)n1CCC(C)(C)O. The second-order valence-electron chi connectivity index (χ2n) is 3.79. The highest BCUT2D eigenvalue weighted by atomic mass is 16.3. The fraction of sp³-hybridized carbons (Fsp3) is 0.750. The van der Waals surface area contributed by atoms with Crippen LogP contribution in [-0.2, 0) is 13.6 Å². The monoisotopic (exact) mass is 185 g/mol. The summed E-state index contributed by atoms with van der Waals surface area (Å²) >= 11 is 0. The Balaban J connectivity index is 2.70. The van der Waals surface area contributed by atoms with Gasteiger partial charge in [-0.2, -0.15) is 4.98 Å². The molecule has 0 fully saturated rings. The molecule has 0 aliphatic carbocycles. The Labute approximate surface area is 76.6 Å². The van der Waals surface area contributed by atoms with Gasteiger partial charge in [-0.1, -0.05) is 0 Å². The van der Waals surface area contributed by atoms with Gasteiger partial charge >= 0.3 is 5.69 Å². The van der Waals surface area contributed by atoms with Crippen LogP contribution in [0, 0.1) is 0 Å². The van der Waals surface area contributed by atoms with Gasteiger partial charge in [-0.25, -0.2) is 9.48 Å². The quantitative estimate of drug-likeness (QED) is 0.706. The van der Waals surface area contributed by atoms with E-state index < -0.39 is 5.60 Å². The van der Waals surface area contributed by atoms with E-state index in [1.807, 2.05) is 0 Å². The maximum atomic E-state index is 11.1. The smallest absolute Gasteiger partial charge is 0.363 e. The van der Waals surface area contributed by atoms with Crippen LogP contribution < -0.4 is 5.69 Å². The van der Waals surface area contributed by atoms with Gasteiger partial charge in [0.1, 0.15) is 6.33 Å². The summed E-state index contributed by atoms with van der Waals surface area (Å²) < 4.78 is 3.10. The lowest BCUT2D eigenvalue weighted by atomic mass is 10.1. The highest BCUT2D eigenvalue weighted by Crippen LogP contribution is 2.07. The van der Waals surface area contributed by atoms with Crippen molar-refractivity contribution in [2.24, 2.45) is 7.05 Å². The van der Waals surface area contributed by atoms with Crippen LogP contribution in [0.15, 0.2) is 11.1 Å². The van der Waals surface area contributed by atoms with Crippen LogP contribution in [0.2, 0.25) is 0 Å². The van der Waals surface area contributed by atoms with E-state index in [-0.39, 0.29) is 5.69 Å². The van der Waals surface area contributed by atoms with Crippen molar-refractivity contribution in [3.8, 4) is 0 Å². The fourth-order valence-electron chi connectivity index (χ4n) is 1.03. The van der Waals surface area contributed by atoms with Gasteiger partial charge in [0.15, 0.2) is 0 Å². The summed E-state index contributed by atoms with van der Waals surface area (Å²) in [5.74, 6) is 0. The molecule has 0 unspecified atom stereocenters. The number of rotatable bonds is 3. The molecule has 5 nitrogen and oxygen atoms in total. The minimum Gasteiger partial charge on any atom is -0.390 e. The molecule has 0 spiro atoms. The lowest BCUT2D eigenvalue weighted by molar-refractivity contribution is 0.0637. The summed E-state index contributed by atoms with van der Waals surface area (Å²) in [6, 6.07) is 0. The minimum absolute atomic E-state index is 0.272. The first-order valence-corrected chi connectivity index (χ1v) is 4.21. The Bertz CT molecular complexity index is 332. The van der Waals surface area contributed by atoms with Crippen LogP contribution in [0.4, 0.5) is 0 Å². The third-order valence-corrected chi connectivity index (χ3v) is 1.87. The summed E-state index contributed by atoms with van der Waals surface area (Å²) in [5.41, 5.74) is -1.02. The molecule has 5 heteroatoms. The molecule has 0 saturated heterocycles. The zero-order valence-corrected chi connectivity index (χ0v) is 8.19. The molecule has 13 heavy (non-hydrogen) atoms. The molecule has 0 radical (unpaired) electrons. The molecule has 0 amide bonds. The molecule has 0 atom stereocenters. The van der Waals surface area contributed by atoms with Crippen molar-refractivity contribution in [2.45, 2.75) is 32.4 Å². The van der Waals surface area contributed by atoms with Crippen LogP contribution in [0.3, 0.4) is 0 Å². The normalized spacial score (nSPS) is 12.0. The predicted octanol–water partition coefficient (Wildman–Crippen LogP) is -0.257. The summed E-state index contributed by atoms with van der Waals surface area (Å²) in [4.78, 5) is 14.7. The molecule has 0 aromatic carbocycles.